The number of hydrogen-bond donors (Lipinski definition) is 6. The van der Waals surface area contributed by atoms with E-state index in [2.05, 4.69) is 18.1 Å². The summed E-state index contributed by atoms with van der Waals surface area (Å²) in [6.45, 7) is -0.251. The molecular weight excluding hydrogens is 517 g/mol. The minimum Gasteiger partial charge on any atom is -0.382 e. The number of phosphoric acid groups is 3. The van der Waals surface area contributed by atoms with E-state index in [4.69, 9.17) is 37.4 Å². The molecule has 0 amide bonds. The summed E-state index contributed by atoms with van der Waals surface area (Å²) in [5.41, 5.74) is 2.86. The number of nitrogens with zero attached hydrogens (tertiary/aromatic N) is 2. The molecule has 1 aliphatic rings. The third-order valence-corrected chi connectivity index (χ3v) is 7.80. The molecule has 0 spiro atoms. The van der Waals surface area contributed by atoms with E-state index in [9.17, 15) is 32.5 Å². The minimum absolute atomic E-state index is 0.398. The normalized spacial score (nSPS) is 30.6. The molecule has 178 valence electrons. The lowest BCUT2D eigenvalue weighted by Crippen LogP contribution is -2.42. The Hall–Kier alpha value is -0.710. The Morgan fingerprint density at radius 1 is 1.29 bits per heavy atom. The van der Waals surface area contributed by atoms with E-state index in [1.165, 1.54) is 0 Å². The number of phosphoric ester groups is 1. The smallest absolute Gasteiger partial charge is 0.382 e. The summed E-state index contributed by atoms with van der Waals surface area (Å²) in [7, 11) is -16.9. The standard InChI is InChI=1S/C10H16F2N3O12P3S/c1-10(16)6(12)5(25-8(10)15-2-4(11)7(13)14-9(15)31)3-24-29(20,21)27-30(22,23)26-28(17,18)19/h2,5-6,8,16H,3H2,1H3,(H,20,21)(H,22,23)(H2,13,14,31)(H2,17,18,19)/t5?,6-,8+,10?/m0/s1. The minimum atomic E-state index is -5.78. The molecule has 2 heterocycles. The van der Waals surface area contributed by atoms with Gasteiger partial charge in [-0.3, -0.25) is 9.09 Å². The Morgan fingerprint density at radius 3 is 2.42 bits per heavy atom. The number of alkyl halides is 1. The van der Waals surface area contributed by atoms with Gasteiger partial charge >= 0.3 is 23.5 Å². The van der Waals surface area contributed by atoms with Crippen molar-refractivity contribution in [2.24, 2.45) is 0 Å². The van der Waals surface area contributed by atoms with Crippen LogP contribution >= 0.6 is 35.7 Å². The first-order valence-corrected chi connectivity index (χ1v) is 12.6. The van der Waals surface area contributed by atoms with E-state index < -0.39 is 70.6 Å². The van der Waals surface area contributed by atoms with E-state index >= 15 is 0 Å². The molecule has 1 saturated heterocycles. The highest BCUT2D eigenvalue weighted by Gasteiger charge is 2.55. The van der Waals surface area contributed by atoms with Crippen molar-refractivity contribution >= 4 is 41.5 Å². The lowest BCUT2D eigenvalue weighted by atomic mass is 9.98. The van der Waals surface area contributed by atoms with Crippen LogP contribution in [0, 0.1) is 10.6 Å². The maximum atomic E-state index is 14.7. The van der Waals surface area contributed by atoms with E-state index in [-0.39, 0.29) is 0 Å². The molecule has 0 bridgehead atoms. The molecular formula is C10H16F2N3O12P3S. The number of anilines is 1. The second-order valence-corrected chi connectivity index (χ2v) is 11.0. The summed E-state index contributed by atoms with van der Waals surface area (Å²) in [6, 6.07) is 0. The first kappa shape index (κ1) is 26.5. The average molecular weight is 533 g/mol. The molecule has 31 heavy (non-hydrogen) atoms. The van der Waals surface area contributed by atoms with Crippen molar-refractivity contribution in [3.05, 3.63) is 16.8 Å². The van der Waals surface area contributed by atoms with Crippen LogP contribution in [0.2, 0.25) is 0 Å². The number of rotatable bonds is 8. The monoisotopic (exact) mass is 533 g/mol. The van der Waals surface area contributed by atoms with Gasteiger partial charge < -0.3 is 35.2 Å². The molecule has 1 fully saturated rings. The summed E-state index contributed by atoms with van der Waals surface area (Å²) < 4.78 is 78.8. The number of aliphatic hydroxyl groups is 1. The second-order valence-electron chi connectivity index (χ2n) is 6.21. The van der Waals surface area contributed by atoms with Crippen molar-refractivity contribution in [3.63, 3.8) is 0 Å². The predicted octanol–water partition coefficient (Wildman–Crippen LogP) is 0.664. The topological polar surface area (TPSA) is 233 Å². The van der Waals surface area contributed by atoms with Crippen LogP contribution in [0.3, 0.4) is 0 Å². The molecule has 1 aliphatic heterocycles. The molecule has 0 aliphatic carbocycles. The van der Waals surface area contributed by atoms with E-state index in [0.717, 1.165) is 11.5 Å². The van der Waals surface area contributed by atoms with Crippen molar-refractivity contribution in [2.75, 3.05) is 12.3 Å². The van der Waals surface area contributed by atoms with Gasteiger partial charge in [-0.25, -0.2) is 22.5 Å². The number of nitrogen functional groups attached to an aromatic ring is 1. The van der Waals surface area contributed by atoms with E-state index in [0.29, 0.717) is 6.20 Å². The molecule has 1 aromatic heterocycles. The Kier molecular flexibility index (Phi) is 7.63. The summed E-state index contributed by atoms with van der Waals surface area (Å²) >= 11 is 4.86. The molecule has 1 aromatic rings. The van der Waals surface area contributed by atoms with Gasteiger partial charge in [-0.05, 0) is 19.1 Å². The quantitative estimate of drug-likeness (QED) is 0.199. The third kappa shape index (κ3) is 6.65. The van der Waals surface area contributed by atoms with Crippen LogP contribution in [0.1, 0.15) is 13.2 Å². The molecule has 4 unspecified atom stereocenters. The summed E-state index contributed by atoms with van der Waals surface area (Å²) in [4.78, 5) is 38.9. The fourth-order valence-corrected chi connectivity index (χ4v) is 5.73. The molecule has 0 aromatic carbocycles. The van der Waals surface area contributed by atoms with E-state index in [1.54, 1.807) is 0 Å². The predicted molar refractivity (Wildman–Crippen MR) is 96.7 cm³/mol. The van der Waals surface area contributed by atoms with Crippen LogP contribution in [-0.2, 0) is 31.6 Å². The molecule has 21 heteroatoms. The Morgan fingerprint density at radius 2 is 1.87 bits per heavy atom. The molecule has 0 saturated carbocycles. The number of hydrogen-bond acceptors (Lipinski definition) is 11. The van der Waals surface area contributed by atoms with Crippen LogP contribution < -0.4 is 5.73 Å². The molecule has 7 N–H and O–H groups in total. The number of nitrogens with two attached hydrogens (primary N) is 1. The van der Waals surface area contributed by atoms with Crippen LogP contribution in [0.15, 0.2) is 6.20 Å². The Balaban J connectivity index is 2.16. The number of halogens is 2. The SMILES string of the molecule is CC1(O)[C@@H](F)C(COP(=O)(O)OP(=O)(O)OP(=O)(O)O)O[C@H]1n1cc(F)c(N)nc1=S. The lowest BCUT2D eigenvalue weighted by Gasteiger charge is -2.27. The van der Waals surface area contributed by atoms with Crippen LogP contribution in [0.5, 0.6) is 0 Å². The summed E-state index contributed by atoms with van der Waals surface area (Å²) in [5.74, 6) is -1.64. The van der Waals surface area contributed by atoms with Gasteiger partial charge in [-0.15, -0.1) is 0 Å². The zero-order valence-electron chi connectivity index (χ0n) is 15.1. The van der Waals surface area contributed by atoms with Gasteiger partial charge in [-0.2, -0.15) is 13.6 Å². The maximum Gasteiger partial charge on any atom is 0.490 e. The third-order valence-electron chi connectivity index (χ3n) is 3.69. The van der Waals surface area contributed by atoms with Crippen molar-refractivity contribution in [2.45, 2.75) is 31.0 Å². The van der Waals surface area contributed by atoms with Crippen molar-refractivity contribution in [1.82, 2.24) is 9.55 Å². The maximum absolute atomic E-state index is 14.7. The summed E-state index contributed by atoms with van der Waals surface area (Å²) in [5, 5.41) is 10.4. The fraction of sp³-hybridized carbons (Fsp3) is 0.600. The Bertz CT molecular complexity index is 1050. The number of ether oxygens (including phenoxy) is 1. The van der Waals surface area contributed by atoms with Gasteiger partial charge in [0.05, 0.1) is 6.61 Å². The second kappa shape index (κ2) is 8.91. The van der Waals surface area contributed by atoms with Crippen molar-refractivity contribution in [1.29, 1.82) is 0 Å². The van der Waals surface area contributed by atoms with Gasteiger partial charge in [0.15, 0.2) is 24.0 Å². The largest absolute Gasteiger partial charge is 0.490 e. The summed E-state index contributed by atoms with van der Waals surface area (Å²) in [6.07, 6.45) is -5.19. The van der Waals surface area contributed by atoms with E-state index in [1.807, 2.05) is 0 Å². The molecule has 2 rings (SSSR count). The van der Waals surface area contributed by atoms with Gasteiger partial charge in [0.1, 0.15) is 11.7 Å². The molecule has 6 atom stereocenters. The van der Waals surface area contributed by atoms with Crippen molar-refractivity contribution in [3.8, 4) is 0 Å². The van der Waals surface area contributed by atoms with Gasteiger partial charge in [0, 0.05) is 6.20 Å². The van der Waals surface area contributed by atoms with Crippen LogP contribution in [0.4, 0.5) is 14.6 Å². The fourth-order valence-electron chi connectivity index (χ4n) is 2.45. The first-order chi connectivity index (χ1) is 13.8. The van der Waals surface area contributed by atoms with Crippen LogP contribution in [-0.4, -0.2) is 58.7 Å². The van der Waals surface area contributed by atoms with Gasteiger partial charge in [-0.1, -0.05) is 0 Å². The lowest BCUT2D eigenvalue weighted by molar-refractivity contribution is -0.0923. The molecule has 15 nitrogen and oxygen atoms in total. The zero-order chi connectivity index (χ0) is 24.0. The Labute approximate surface area is 176 Å². The van der Waals surface area contributed by atoms with Crippen molar-refractivity contribution < 1.29 is 65.0 Å². The first-order valence-electron chi connectivity index (χ1n) is 7.69. The number of aromatic nitrogens is 2. The average Bonchev–Trinajstić information content (AvgIpc) is 2.76. The van der Waals surface area contributed by atoms with Crippen LogP contribution in [0.25, 0.3) is 0 Å². The molecule has 0 radical (unpaired) electrons. The highest BCUT2D eigenvalue weighted by atomic mass is 32.1. The van der Waals surface area contributed by atoms with Gasteiger partial charge in [0.25, 0.3) is 0 Å². The highest BCUT2D eigenvalue weighted by Crippen LogP contribution is 2.66. The highest BCUT2D eigenvalue weighted by molar-refractivity contribution is 7.71. The zero-order valence-corrected chi connectivity index (χ0v) is 18.6. The van der Waals surface area contributed by atoms with Gasteiger partial charge in [0.2, 0.25) is 4.77 Å².